The van der Waals surface area contributed by atoms with Gasteiger partial charge in [0.25, 0.3) is 5.91 Å². The number of aliphatic hydroxyl groups is 1. The molecule has 1 aromatic rings. The van der Waals surface area contributed by atoms with Crippen LogP contribution >= 0.6 is 0 Å². The predicted molar refractivity (Wildman–Crippen MR) is 67.8 cm³/mol. The molecule has 18 heavy (non-hydrogen) atoms. The Labute approximate surface area is 106 Å². The van der Waals surface area contributed by atoms with Crippen LogP contribution in [0.15, 0.2) is 30.9 Å². The summed E-state index contributed by atoms with van der Waals surface area (Å²) in [5.74, 6) is -0.0306. The fourth-order valence-corrected chi connectivity index (χ4v) is 1.54. The molecule has 0 radical (unpaired) electrons. The molecule has 0 heterocycles. The molecule has 0 atom stereocenters. The van der Waals surface area contributed by atoms with Gasteiger partial charge in [0, 0.05) is 19.2 Å². The summed E-state index contributed by atoms with van der Waals surface area (Å²) in [5.41, 5.74) is 0.172. The third-order valence-corrected chi connectivity index (χ3v) is 2.44. The standard InChI is InChI=1S/C13H17NO4/c1-3-6-14(7-8-15)13(17)11-5-4-10(18-2)9-12(11)16/h3-5,9,15-16H,1,6-8H2,2H3. The van der Waals surface area contributed by atoms with E-state index >= 15 is 0 Å². The van der Waals surface area contributed by atoms with Crippen molar-refractivity contribution in [2.75, 3.05) is 26.8 Å². The van der Waals surface area contributed by atoms with Crippen LogP contribution in [0, 0.1) is 0 Å². The molecule has 0 fully saturated rings. The third-order valence-electron chi connectivity index (χ3n) is 2.44. The van der Waals surface area contributed by atoms with Crippen LogP contribution in [0.1, 0.15) is 10.4 Å². The fraction of sp³-hybridized carbons (Fsp3) is 0.308. The van der Waals surface area contributed by atoms with Crippen molar-refractivity contribution in [1.82, 2.24) is 4.90 Å². The van der Waals surface area contributed by atoms with Crippen LogP contribution in [0.5, 0.6) is 11.5 Å². The van der Waals surface area contributed by atoms with Gasteiger partial charge in [0.05, 0.1) is 19.3 Å². The highest BCUT2D eigenvalue weighted by Crippen LogP contribution is 2.24. The SMILES string of the molecule is C=CCN(CCO)C(=O)c1ccc(OC)cc1O. The Hall–Kier alpha value is -2.01. The Balaban J connectivity index is 2.97. The van der Waals surface area contributed by atoms with E-state index in [1.807, 2.05) is 0 Å². The predicted octanol–water partition coefficient (Wildman–Crippen LogP) is 1.02. The molecule has 0 aromatic heterocycles. The van der Waals surface area contributed by atoms with Gasteiger partial charge < -0.3 is 19.8 Å². The van der Waals surface area contributed by atoms with Gasteiger partial charge in [-0.3, -0.25) is 4.79 Å². The molecule has 5 nitrogen and oxygen atoms in total. The maximum atomic E-state index is 12.1. The van der Waals surface area contributed by atoms with Crippen LogP contribution in [0.3, 0.4) is 0 Å². The average molecular weight is 251 g/mol. The maximum absolute atomic E-state index is 12.1. The molecular weight excluding hydrogens is 234 g/mol. The zero-order valence-electron chi connectivity index (χ0n) is 10.3. The summed E-state index contributed by atoms with van der Waals surface area (Å²) in [7, 11) is 1.48. The molecule has 0 saturated heterocycles. The number of ether oxygens (including phenoxy) is 1. The first-order chi connectivity index (χ1) is 8.63. The minimum Gasteiger partial charge on any atom is -0.507 e. The van der Waals surface area contributed by atoms with Gasteiger partial charge >= 0.3 is 0 Å². The molecule has 98 valence electrons. The number of amides is 1. The summed E-state index contributed by atoms with van der Waals surface area (Å²) in [5, 5.41) is 18.7. The summed E-state index contributed by atoms with van der Waals surface area (Å²) in [6.45, 7) is 3.91. The van der Waals surface area contributed by atoms with Crippen molar-refractivity contribution in [2.45, 2.75) is 0 Å². The van der Waals surface area contributed by atoms with Crippen molar-refractivity contribution in [2.24, 2.45) is 0 Å². The van der Waals surface area contributed by atoms with Crippen LogP contribution in [0.4, 0.5) is 0 Å². The molecule has 0 aliphatic rings. The van der Waals surface area contributed by atoms with Crippen LogP contribution in [0.2, 0.25) is 0 Å². The second kappa shape index (κ2) is 6.66. The number of rotatable bonds is 6. The summed E-state index contributed by atoms with van der Waals surface area (Å²) < 4.78 is 4.94. The quantitative estimate of drug-likeness (QED) is 0.741. The van der Waals surface area contributed by atoms with E-state index < -0.39 is 0 Å². The van der Waals surface area contributed by atoms with Crippen LogP contribution in [-0.4, -0.2) is 47.8 Å². The summed E-state index contributed by atoms with van der Waals surface area (Å²) >= 11 is 0. The lowest BCUT2D eigenvalue weighted by Gasteiger charge is -2.20. The second-order valence-electron chi connectivity index (χ2n) is 3.65. The van der Waals surface area contributed by atoms with E-state index in [0.717, 1.165) is 0 Å². The normalized spacial score (nSPS) is 9.89. The number of benzene rings is 1. The van der Waals surface area contributed by atoms with E-state index in [0.29, 0.717) is 12.3 Å². The van der Waals surface area contributed by atoms with Gasteiger partial charge in [0.2, 0.25) is 0 Å². The Bertz CT molecular complexity index is 431. The molecule has 1 rings (SSSR count). The minimum atomic E-state index is -0.357. The van der Waals surface area contributed by atoms with E-state index in [1.54, 1.807) is 12.1 Å². The first-order valence-electron chi connectivity index (χ1n) is 5.52. The monoisotopic (exact) mass is 251 g/mol. The molecule has 0 aliphatic heterocycles. The highest BCUT2D eigenvalue weighted by molar-refractivity contribution is 5.97. The smallest absolute Gasteiger partial charge is 0.257 e. The number of carbonyl (C=O) groups excluding carboxylic acids is 1. The molecule has 1 aromatic carbocycles. The van der Waals surface area contributed by atoms with Crippen molar-refractivity contribution in [3.05, 3.63) is 36.4 Å². The number of hydrogen-bond donors (Lipinski definition) is 2. The lowest BCUT2D eigenvalue weighted by molar-refractivity contribution is 0.0740. The second-order valence-corrected chi connectivity index (χ2v) is 3.65. The highest BCUT2D eigenvalue weighted by Gasteiger charge is 2.18. The van der Waals surface area contributed by atoms with Gasteiger partial charge in [-0.25, -0.2) is 0 Å². The first-order valence-corrected chi connectivity index (χ1v) is 5.52. The lowest BCUT2D eigenvalue weighted by atomic mass is 10.1. The largest absolute Gasteiger partial charge is 0.507 e. The Morgan fingerprint density at radius 3 is 2.78 bits per heavy atom. The Kier molecular flexibility index (Phi) is 5.20. The van der Waals surface area contributed by atoms with Crippen molar-refractivity contribution < 1.29 is 19.7 Å². The molecule has 5 heteroatoms. The van der Waals surface area contributed by atoms with Crippen molar-refractivity contribution in [3.8, 4) is 11.5 Å². The van der Waals surface area contributed by atoms with Gasteiger partial charge in [-0.05, 0) is 12.1 Å². The van der Waals surface area contributed by atoms with Crippen LogP contribution in [-0.2, 0) is 0 Å². The summed E-state index contributed by atoms with van der Waals surface area (Å²) in [6, 6.07) is 4.46. The number of carbonyl (C=O) groups is 1. The molecule has 2 N–H and O–H groups in total. The zero-order chi connectivity index (χ0) is 13.5. The van der Waals surface area contributed by atoms with Crippen molar-refractivity contribution in [1.29, 1.82) is 0 Å². The minimum absolute atomic E-state index is 0.142. The average Bonchev–Trinajstić information content (AvgIpc) is 2.37. The lowest BCUT2D eigenvalue weighted by Crippen LogP contribution is -2.33. The molecule has 0 unspecified atom stereocenters. The highest BCUT2D eigenvalue weighted by atomic mass is 16.5. The van der Waals surface area contributed by atoms with Crippen molar-refractivity contribution >= 4 is 5.91 Å². The fourth-order valence-electron chi connectivity index (χ4n) is 1.54. The van der Waals surface area contributed by atoms with E-state index in [1.165, 1.54) is 24.1 Å². The van der Waals surface area contributed by atoms with Gasteiger partial charge in [0.1, 0.15) is 11.5 Å². The topological polar surface area (TPSA) is 70.0 Å². The first kappa shape index (κ1) is 14.1. The van der Waals surface area contributed by atoms with E-state index in [9.17, 15) is 9.90 Å². The van der Waals surface area contributed by atoms with Gasteiger partial charge in [-0.1, -0.05) is 6.08 Å². The van der Waals surface area contributed by atoms with Gasteiger partial charge in [-0.15, -0.1) is 6.58 Å². The molecular formula is C13H17NO4. The number of nitrogens with zero attached hydrogens (tertiary/aromatic N) is 1. The van der Waals surface area contributed by atoms with Crippen molar-refractivity contribution in [3.63, 3.8) is 0 Å². The van der Waals surface area contributed by atoms with Gasteiger partial charge in [0.15, 0.2) is 0 Å². The Morgan fingerprint density at radius 2 is 2.28 bits per heavy atom. The Morgan fingerprint density at radius 1 is 1.56 bits per heavy atom. The number of aromatic hydroxyl groups is 1. The summed E-state index contributed by atoms with van der Waals surface area (Å²) in [6.07, 6.45) is 1.56. The molecule has 0 spiro atoms. The van der Waals surface area contributed by atoms with Gasteiger partial charge in [-0.2, -0.15) is 0 Å². The van der Waals surface area contributed by atoms with E-state index in [2.05, 4.69) is 6.58 Å². The summed E-state index contributed by atoms with van der Waals surface area (Å²) in [4.78, 5) is 13.5. The van der Waals surface area contributed by atoms with Crippen LogP contribution < -0.4 is 4.74 Å². The number of aliphatic hydroxyl groups excluding tert-OH is 1. The van der Waals surface area contributed by atoms with E-state index in [-0.39, 0.29) is 30.4 Å². The third kappa shape index (κ3) is 3.24. The number of hydrogen-bond acceptors (Lipinski definition) is 4. The molecule has 1 amide bonds. The van der Waals surface area contributed by atoms with Crippen LogP contribution in [0.25, 0.3) is 0 Å². The molecule has 0 aliphatic carbocycles. The number of phenols is 1. The maximum Gasteiger partial charge on any atom is 0.257 e. The number of methoxy groups -OCH3 is 1. The molecule has 0 saturated carbocycles. The molecule has 0 bridgehead atoms. The number of phenolic OH excluding ortho intramolecular Hbond substituents is 1. The van der Waals surface area contributed by atoms with E-state index in [4.69, 9.17) is 9.84 Å². The zero-order valence-corrected chi connectivity index (χ0v) is 10.3.